The molecule has 6 heteroatoms. The summed E-state index contributed by atoms with van der Waals surface area (Å²) in [5.41, 5.74) is 0.108. The molecular weight excluding hydrogens is 206 g/mol. The maximum absolute atomic E-state index is 5.29. The number of hydrogen-bond donors (Lipinski definition) is 0. The quantitative estimate of drug-likeness (QED) is 0.425. The summed E-state index contributed by atoms with van der Waals surface area (Å²) in [6.07, 6.45) is 4.51. The van der Waals surface area contributed by atoms with Crippen molar-refractivity contribution in [1.82, 2.24) is 0 Å². The van der Waals surface area contributed by atoms with Crippen LogP contribution < -0.4 is 0 Å². The molecule has 4 nitrogen and oxygen atoms in total. The van der Waals surface area contributed by atoms with Gasteiger partial charge < -0.3 is 18.6 Å². The van der Waals surface area contributed by atoms with E-state index >= 15 is 0 Å². The maximum Gasteiger partial charge on any atom is 0.457 e. The van der Waals surface area contributed by atoms with Gasteiger partial charge in [-0.3, -0.25) is 0 Å². The molecule has 0 saturated heterocycles. The zero-order valence-electron chi connectivity index (χ0n) is 11.2. The first kappa shape index (κ1) is 16.0. The third kappa shape index (κ3) is 5.34. The Morgan fingerprint density at radius 1 is 0.812 bits per heavy atom. The van der Waals surface area contributed by atoms with Crippen molar-refractivity contribution in [2.75, 3.05) is 28.4 Å². The topological polar surface area (TPSA) is 36.9 Å². The highest BCUT2D eigenvalue weighted by Gasteiger charge is 2.39. The van der Waals surface area contributed by atoms with Gasteiger partial charge in [0, 0.05) is 34.2 Å². The predicted molar refractivity (Wildman–Crippen MR) is 67.4 cm³/mol. The lowest BCUT2D eigenvalue weighted by Crippen LogP contribution is -2.39. The molecular formula is C10H24B2O4. The number of unbranched alkanes of at least 4 members (excludes halogenated alkanes) is 2. The van der Waals surface area contributed by atoms with Crippen LogP contribution in [0.4, 0.5) is 0 Å². The molecule has 0 rings (SSSR count). The fourth-order valence-corrected chi connectivity index (χ4v) is 1.92. The van der Waals surface area contributed by atoms with Crippen LogP contribution in [0.5, 0.6) is 0 Å². The van der Waals surface area contributed by atoms with Gasteiger partial charge in [-0.1, -0.05) is 32.6 Å². The first-order valence-corrected chi connectivity index (χ1v) is 5.86. The van der Waals surface area contributed by atoms with Gasteiger partial charge in [0.2, 0.25) is 0 Å². The molecule has 0 radical (unpaired) electrons. The summed E-state index contributed by atoms with van der Waals surface area (Å²) in [6, 6.07) is 0. The standard InChI is InChI=1S/C10H24B2O4/c1-6-7-8-9-10(11(13-2)14-3)12(15-4)16-5/h10H,6-9H2,1-5H3. The molecule has 0 heterocycles. The smallest absolute Gasteiger partial charge is 0.414 e. The second kappa shape index (κ2) is 10.1. The van der Waals surface area contributed by atoms with E-state index in [0.29, 0.717) is 0 Å². The van der Waals surface area contributed by atoms with Gasteiger partial charge in [-0.15, -0.1) is 0 Å². The largest absolute Gasteiger partial charge is 0.457 e. The zero-order chi connectivity index (χ0) is 12.4. The van der Waals surface area contributed by atoms with E-state index in [9.17, 15) is 0 Å². The van der Waals surface area contributed by atoms with Crippen molar-refractivity contribution in [1.29, 1.82) is 0 Å². The summed E-state index contributed by atoms with van der Waals surface area (Å²) in [7, 11) is 6.02. The van der Waals surface area contributed by atoms with E-state index in [-0.39, 0.29) is 20.0 Å². The number of hydrogen-bond acceptors (Lipinski definition) is 4. The minimum Gasteiger partial charge on any atom is -0.414 e. The molecule has 94 valence electrons. The molecule has 0 aliphatic carbocycles. The Bertz CT molecular complexity index is 140. The van der Waals surface area contributed by atoms with E-state index in [0.717, 1.165) is 12.8 Å². The van der Waals surface area contributed by atoms with Crippen molar-refractivity contribution in [3.05, 3.63) is 0 Å². The Morgan fingerprint density at radius 3 is 1.56 bits per heavy atom. The summed E-state index contributed by atoms with van der Waals surface area (Å²) in [5, 5.41) is 0. The molecule has 0 amide bonds. The molecule has 0 bridgehead atoms. The monoisotopic (exact) mass is 230 g/mol. The van der Waals surface area contributed by atoms with Crippen LogP contribution in [0.1, 0.15) is 32.6 Å². The van der Waals surface area contributed by atoms with Gasteiger partial charge in [0.05, 0.1) is 0 Å². The SMILES string of the molecule is CCCCCC(B(OC)OC)B(OC)OC. The van der Waals surface area contributed by atoms with Crippen molar-refractivity contribution < 1.29 is 18.6 Å². The molecule has 0 spiro atoms. The van der Waals surface area contributed by atoms with Gasteiger partial charge in [0.25, 0.3) is 0 Å². The summed E-state index contributed by atoms with van der Waals surface area (Å²) < 4.78 is 21.2. The molecule has 0 fully saturated rings. The van der Waals surface area contributed by atoms with Gasteiger partial charge in [-0.25, -0.2) is 0 Å². The third-order valence-corrected chi connectivity index (χ3v) is 2.77. The Kier molecular flexibility index (Phi) is 10.1. The summed E-state index contributed by atoms with van der Waals surface area (Å²) in [5.74, 6) is 0. The average molecular weight is 230 g/mol. The van der Waals surface area contributed by atoms with Crippen molar-refractivity contribution in [3.8, 4) is 0 Å². The van der Waals surface area contributed by atoms with Crippen molar-refractivity contribution >= 4 is 14.2 Å². The first-order valence-electron chi connectivity index (χ1n) is 5.86. The third-order valence-electron chi connectivity index (χ3n) is 2.77. The molecule has 0 aromatic heterocycles. The Labute approximate surface area is 100 Å². The second-order valence-electron chi connectivity index (χ2n) is 3.84. The van der Waals surface area contributed by atoms with Crippen LogP contribution in [0.3, 0.4) is 0 Å². The van der Waals surface area contributed by atoms with Crippen LogP contribution in [0, 0.1) is 0 Å². The Balaban J connectivity index is 4.34. The van der Waals surface area contributed by atoms with Gasteiger partial charge >= 0.3 is 14.2 Å². The van der Waals surface area contributed by atoms with Crippen LogP contribution in [0.15, 0.2) is 0 Å². The van der Waals surface area contributed by atoms with Crippen LogP contribution >= 0.6 is 0 Å². The molecule has 0 aliphatic rings. The van der Waals surface area contributed by atoms with Gasteiger partial charge in [0.15, 0.2) is 0 Å². The van der Waals surface area contributed by atoms with Crippen LogP contribution in [-0.2, 0) is 18.6 Å². The highest BCUT2D eigenvalue weighted by Crippen LogP contribution is 2.24. The molecule has 0 aromatic rings. The Morgan fingerprint density at radius 2 is 1.25 bits per heavy atom. The molecule has 16 heavy (non-hydrogen) atoms. The molecule has 0 unspecified atom stereocenters. The van der Waals surface area contributed by atoms with E-state index in [2.05, 4.69) is 6.92 Å². The van der Waals surface area contributed by atoms with Gasteiger partial charge in [0.1, 0.15) is 0 Å². The van der Waals surface area contributed by atoms with E-state index in [1.807, 2.05) is 0 Å². The molecule has 0 aliphatic heterocycles. The van der Waals surface area contributed by atoms with E-state index in [1.54, 1.807) is 28.4 Å². The lowest BCUT2D eigenvalue weighted by molar-refractivity contribution is 0.238. The lowest BCUT2D eigenvalue weighted by Gasteiger charge is -2.23. The normalized spacial score (nSPS) is 10.9. The second-order valence-corrected chi connectivity index (χ2v) is 3.84. The van der Waals surface area contributed by atoms with Gasteiger partial charge in [-0.2, -0.15) is 0 Å². The van der Waals surface area contributed by atoms with Crippen LogP contribution in [0.2, 0.25) is 5.72 Å². The minimum absolute atomic E-state index is 0.108. The molecule has 0 saturated carbocycles. The summed E-state index contributed by atoms with van der Waals surface area (Å²) >= 11 is 0. The van der Waals surface area contributed by atoms with E-state index in [1.165, 1.54) is 12.8 Å². The van der Waals surface area contributed by atoms with Crippen molar-refractivity contribution in [2.24, 2.45) is 0 Å². The maximum atomic E-state index is 5.29. The molecule has 0 atom stereocenters. The molecule has 0 aromatic carbocycles. The highest BCUT2D eigenvalue weighted by atomic mass is 16.6. The van der Waals surface area contributed by atoms with E-state index < -0.39 is 0 Å². The van der Waals surface area contributed by atoms with Crippen molar-refractivity contribution in [2.45, 2.75) is 38.3 Å². The van der Waals surface area contributed by atoms with Crippen LogP contribution in [-0.4, -0.2) is 42.7 Å². The first-order chi connectivity index (χ1) is 7.74. The fourth-order valence-electron chi connectivity index (χ4n) is 1.92. The zero-order valence-corrected chi connectivity index (χ0v) is 11.2. The molecule has 0 N–H and O–H groups in total. The average Bonchev–Trinajstić information content (AvgIpc) is 2.31. The minimum atomic E-state index is -0.276. The predicted octanol–water partition coefficient (Wildman–Crippen LogP) is 2.04. The number of rotatable bonds is 10. The van der Waals surface area contributed by atoms with Crippen molar-refractivity contribution in [3.63, 3.8) is 0 Å². The summed E-state index contributed by atoms with van der Waals surface area (Å²) in [6.45, 7) is 2.18. The lowest BCUT2D eigenvalue weighted by atomic mass is 9.50. The van der Waals surface area contributed by atoms with Crippen LogP contribution in [0.25, 0.3) is 0 Å². The highest BCUT2D eigenvalue weighted by molar-refractivity contribution is 6.67. The summed E-state index contributed by atoms with van der Waals surface area (Å²) in [4.78, 5) is 0. The van der Waals surface area contributed by atoms with Gasteiger partial charge in [-0.05, 0) is 0 Å². The Hall–Kier alpha value is -0.0301. The fraction of sp³-hybridized carbons (Fsp3) is 1.00. The van der Waals surface area contributed by atoms with E-state index in [4.69, 9.17) is 18.6 Å².